The summed E-state index contributed by atoms with van der Waals surface area (Å²) in [7, 11) is 0. The average Bonchev–Trinajstić information content (AvgIpc) is 3.44. The number of thiazole rings is 1. The van der Waals surface area contributed by atoms with Crippen LogP contribution in [0.2, 0.25) is 0 Å². The maximum Gasteiger partial charge on any atom is 0.418 e. The summed E-state index contributed by atoms with van der Waals surface area (Å²) in [4.78, 5) is 33.0. The number of pyridine rings is 1. The number of nitrogens with zero attached hydrogens (tertiary/aromatic N) is 4. The van der Waals surface area contributed by atoms with Crippen molar-refractivity contribution >= 4 is 23.2 Å². The van der Waals surface area contributed by atoms with E-state index in [0.717, 1.165) is 23.0 Å². The third-order valence-corrected chi connectivity index (χ3v) is 5.37. The van der Waals surface area contributed by atoms with Crippen molar-refractivity contribution in [2.75, 3.05) is 0 Å². The standard InChI is InChI=1S/C21H15F3N6O3S/c22-21(23,24)13-5-1-2-7-15(13)30-10-16(31)18(29-30)19(33)28-27-17(32)9-12-11-34-20(26-12)14-6-3-4-8-25-14/h1-8,10-11,31H,9H2,(H,27,32)(H,28,33). The smallest absolute Gasteiger partial charge is 0.418 e. The normalized spacial score (nSPS) is 11.3. The Labute approximate surface area is 193 Å². The van der Waals surface area contributed by atoms with Crippen LogP contribution >= 0.6 is 11.3 Å². The van der Waals surface area contributed by atoms with E-state index in [0.29, 0.717) is 16.4 Å². The number of hydrogen-bond donors (Lipinski definition) is 3. The number of hydrogen-bond acceptors (Lipinski definition) is 7. The van der Waals surface area contributed by atoms with E-state index in [9.17, 15) is 27.9 Å². The molecule has 0 aliphatic rings. The number of aromatic nitrogens is 4. The van der Waals surface area contributed by atoms with E-state index in [4.69, 9.17) is 0 Å². The fraction of sp³-hybridized carbons (Fsp3) is 0.0952. The summed E-state index contributed by atoms with van der Waals surface area (Å²) in [5, 5.41) is 16.1. The van der Waals surface area contributed by atoms with Gasteiger partial charge in [0.1, 0.15) is 5.01 Å². The largest absolute Gasteiger partial charge is 0.504 e. The average molecular weight is 488 g/mol. The molecule has 4 aromatic rings. The summed E-state index contributed by atoms with van der Waals surface area (Å²) < 4.78 is 40.5. The molecule has 13 heteroatoms. The van der Waals surface area contributed by atoms with Gasteiger partial charge in [0.05, 0.1) is 35.3 Å². The van der Waals surface area contributed by atoms with Gasteiger partial charge in [0, 0.05) is 11.6 Å². The Morgan fingerprint density at radius 1 is 1.09 bits per heavy atom. The second-order valence-corrected chi connectivity index (χ2v) is 7.72. The summed E-state index contributed by atoms with van der Waals surface area (Å²) in [5.41, 5.74) is 3.41. The lowest BCUT2D eigenvalue weighted by atomic mass is 10.2. The van der Waals surface area contributed by atoms with E-state index >= 15 is 0 Å². The molecule has 2 amide bonds. The van der Waals surface area contributed by atoms with E-state index in [2.05, 4.69) is 25.9 Å². The van der Waals surface area contributed by atoms with Crippen LogP contribution in [0, 0.1) is 0 Å². The number of rotatable bonds is 5. The lowest BCUT2D eigenvalue weighted by Gasteiger charge is -2.12. The summed E-state index contributed by atoms with van der Waals surface area (Å²) >= 11 is 1.30. The van der Waals surface area contributed by atoms with E-state index < -0.39 is 35.0 Å². The van der Waals surface area contributed by atoms with Crippen LogP contribution in [0.1, 0.15) is 21.7 Å². The first-order chi connectivity index (χ1) is 16.2. The van der Waals surface area contributed by atoms with Gasteiger partial charge in [-0.3, -0.25) is 25.4 Å². The van der Waals surface area contributed by atoms with Gasteiger partial charge in [-0.2, -0.15) is 18.3 Å². The molecule has 0 fully saturated rings. The van der Waals surface area contributed by atoms with Crippen LogP contribution in [0.25, 0.3) is 16.4 Å². The van der Waals surface area contributed by atoms with Gasteiger partial charge < -0.3 is 5.11 Å². The predicted molar refractivity (Wildman–Crippen MR) is 115 cm³/mol. The molecule has 4 rings (SSSR count). The minimum absolute atomic E-state index is 0.150. The Bertz CT molecular complexity index is 1340. The molecule has 0 spiro atoms. The zero-order valence-corrected chi connectivity index (χ0v) is 17.9. The maximum atomic E-state index is 13.2. The molecular formula is C21H15F3N6O3S. The SMILES string of the molecule is O=C(Cc1csc(-c2ccccn2)n1)NNC(=O)c1nn(-c2ccccc2C(F)(F)F)cc1O. The van der Waals surface area contributed by atoms with Crippen LogP contribution in [0.4, 0.5) is 13.2 Å². The van der Waals surface area contributed by atoms with E-state index in [1.807, 2.05) is 6.07 Å². The highest BCUT2D eigenvalue weighted by Gasteiger charge is 2.34. The van der Waals surface area contributed by atoms with Gasteiger partial charge in [-0.1, -0.05) is 18.2 Å². The zero-order valence-electron chi connectivity index (χ0n) is 17.1. The van der Waals surface area contributed by atoms with Crippen LogP contribution in [0.5, 0.6) is 5.75 Å². The number of carbonyl (C=O) groups is 2. The summed E-state index contributed by atoms with van der Waals surface area (Å²) in [6.45, 7) is 0. The monoisotopic (exact) mass is 488 g/mol. The third kappa shape index (κ3) is 5.04. The first kappa shape index (κ1) is 22.9. The number of nitrogens with one attached hydrogen (secondary N) is 2. The van der Waals surface area contributed by atoms with Crippen molar-refractivity contribution in [1.29, 1.82) is 0 Å². The maximum absolute atomic E-state index is 13.2. The number of hydrazine groups is 1. The highest BCUT2D eigenvalue weighted by Crippen LogP contribution is 2.34. The Kier molecular flexibility index (Phi) is 6.27. The van der Waals surface area contributed by atoms with Gasteiger partial charge in [-0.15, -0.1) is 11.3 Å². The molecule has 34 heavy (non-hydrogen) atoms. The van der Waals surface area contributed by atoms with E-state index in [1.165, 1.54) is 23.5 Å². The summed E-state index contributed by atoms with van der Waals surface area (Å²) in [6.07, 6.45) is -2.32. The number of amides is 2. The lowest BCUT2D eigenvalue weighted by molar-refractivity contribution is -0.137. The first-order valence-corrected chi connectivity index (χ1v) is 10.5. The molecule has 3 heterocycles. The first-order valence-electron chi connectivity index (χ1n) is 9.62. The van der Waals surface area contributed by atoms with E-state index in [1.54, 1.807) is 23.7 Å². The Balaban J connectivity index is 1.40. The lowest BCUT2D eigenvalue weighted by Crippen LogP contribution is -2.42. The van der Waals surface area contributed by atoms with E-state index in [-0.39, 0.29) is 12.1 Å². The molecule has 3 N–H and O–H groups in total. The highest BCUT2D eigenvalue weighted by atomic mass is 32.1. The number of benzene rings is 1. The van der Waals surface area contributed by atoms with Crippen molar-refractivity contribution in [3.8, 4) is 22.1 Å². The minimum Gasteiger partial charge on any atom is -0.504 e. The molecule has 1 aromatic carbocycles. The van der Waals surface area contributed by atoms with Gasteiger partial charge >= 0.3 is 6.18 Å². The quantitative estimate of drug-likeness (QED) is 0.371. The molecular weight excluding hydrogens is 473 g/mol. The van der Waals surface area contributed by atoms with Gasteiger partial charge in [0.15, 0.2) is 11.4 Å². The fourth-order valence-electron chi connectivity index (χ4n) is 2.95. The topological polar surface area (TPSA) is 122 Å². The van der Waals surface area contributed by atoms with Crippen LogP contribution < -0.4 is 10.9 Å². The van der Waals surface area contributed by atoms with Crippen molar-refractivity contribution in [1.82, 2.24) is 30.6 Å². The minimum atomic E-state index is -4.67. The molecule has 0 aliphatic heterocycles. The zero-order chi connectivity index (χ0) is 24.3. The van der Waals surface area contributed by atoms with Crippen LogP contribution in [-0.4, -0.2) is 36.7 Å². The summed E-state index contributed by atoms with van der Waals surface area (Å²) in [6, 6.07) is 9.93. The molecule has 174 valence electrons. The molecule has 0 saturated carbocycles. The number of halogens is 3. The molecule has 0 atom stereocenters. The van der Waals surface area contributed by atoms with Crippen molar-refractivity contribution < 1.29 is 27.9 Å². The van der Waals surface area contributed by atoms with Crippen molar-refractivity contribution in [2.45, 2.75) is 12.6 Å². The summed E-state index contributed by atoms with van der Waals surface area (Å²) in [5.74, 6) is -2.28. The molecule has 0 aliphatic carbocycles. The van der Waals surface area contributed by atoms with Crippen LogP contribution in [0.3, 0.4) is 0 Å². The third-order valence-electron chi connectivity index (χ3n) is 4.46. The second kappa shape index (κ2) is 9.31. The second-order valence-electron chi connectivity index (χ2n) is 6.86. The Morgan fingerprint density at radius 3 is 2.59 bits per heavy atom. The van der Waals surface area contributed by atoms with Crippen LogP contribution in [0.15, 0.2) is 60.2 Å². The van der Waals surface area contributed by atoms with Crippen molar-refractivity contribution in [2.24, 2.45) is 0 Å². The van der Waals surface area contributed by atoms with Crippen LogP contribution in [-0.2, 0) is 17.4 Å². The highest BCUT2D eigenvalue weighted by molar-refractivity contribution is 7.13. The Morgan fingerprint density at radius 2 is 1.85 bits per heavy atom. The number of alkyl halides is 3. The molecule has 3 aromatic heterocycles. The predicted octanol–water partition coefficient (Wildman–Crippen LogP) is 3.12. The Hall–Kier alpha value is -4.26. The van der Waals surface area contributed by atoms with Gasteiger partial charge in [0.2, 0.25) is 5.91 Å². The number of carbonyl (C=O) groups excluding carboxylic acids is 2. The number of para-hydroxylation sites is 1. The number of aromatic hydroxyl groups is 1. The molecule has 0 saturated heterocycles. The fourth-order valence-corrected chi connectivity index (χ4v) is 3.75. The molecule has 9 nitrogen and oxygen atoms in total. The van der Waals surface area contributed by atoms with Gasteiger partial charge in [-0.05, 0) is 24.3 Å². The molecule has 0 unspecified atom stereocenters. The molecule has 0 bridgehead atoms. The van der Waals surface area contributed by atoms with Crippen molar-refractivity contribution in [3.63, 3.8) is 0 Å². The van der Waals surface area contributed by atoms with Gasteiger partial charge in [0.25, 0.3) is 5.91 Å². The molecule has 0 radical (unpaired) electrons. The van der Waals surface area contributed by atoms with Gasteiger partial charge in [-0.25, -0.2) is 9.67 Å². The van der Waals surface area contributed by atoms with Crippen molar-refractivity contribution in [3.05, 3.63) is 77.2 Å².